The number of aliphatic hydroxyl groups is 1. The average molecular weight is 230 g/mol. The summed E-state index contributed by atoms with van der Waals surface area (Å²) >= 11 is 0. The van der Waals surface area contributed by atoms with Gasteiger partial charge in [-0.2, -0.15) is 0 Å². The molecule has 1 amide bonds. The molecule has 0 aromatic carbocycles. The van der Waals surface area contributed by atoms with E-state index in [9.17, 15) is 4.79 Å². The highest BCUT2D eigenvalue weighted by Crippen LogP contribution is 2.36. The molecule has 0 unspecified atom stereocenters. The lowest BCUT2D eigenvalue weighted by Gasteiger charge is -2.48. The van der Waals surface area contributed by atoms with E-state index < -0.39 is 0 Å². The molecule has 0 atom stereocenters. The summed E-state index contributed by atoms with van der Waals surface area (Å²) < 4.78 is 4.87. The molecular formula is C11H22N2O3. The molecule has 0 heterocycles. The summed E-state index contributed by atoms with van der Waals surface area (Å²) in [7, 11) is 5.83. The highest BCUT2D eigenvalue weighted by atomic mass is 16.6. The van der Waals surface area contributed by atoms with Crippen LogP contribution in [0.1, 0.15) is 19.3 Å². The molecule has 1 fully saturated rings. The third-order valence-electron chi connectivity index (χ3n) is 3.39. The lowest BCUT2D eigenvalue weighted by atomic mass is 9.75. The Kier molecular flexibility index (Phi) is 4.56. The summed E-state index contributed by atoms with van der Waals surface area (Å²) in [5, 5.41) is 8.57. The zero-order chi connectivity index (χ0) is 12.2. The molecule has 1 aliphatic rings. The molecule has 16 heavy (non-hydrogen) atoms. The first-order valence-corrected chi connectivity index (χ1v) is 5.68. The Labute approximate surface area is 97.0 Å². The Bertz CT molecular complexity index is 239. The number of hydrogen-bond acceptors (Lipinski definition) is 4. The topological polar surface area (TPSA) is 53.0 Å². The van der Waals surface area contributed by atoms with Crippen LogP contribution >= 0.6 is 0 Å². The van der Waals surface area contributed by atoms with Crippen LogP contribution in [0.4, 0.5) is 4.79 Å². The second-order valence-corrected chi connectivity index (χ2v) is 4.67. The minimum absolute atomic E-state index is 0.0676. The molecular weight excluding hydrogens is 208 g/mol. The van der Waals surface area contributed by atoms with Crippen molar-refractivity contribution in [3.05, 3.63) is 0 Å². The first kappa shape index (κ1) is 13.3. The van der Waals surface area contributed by atoms with Crippen molar-refractivity contribution in [2.45, 2.75) is 24.8 Å². The molecule has 0 aliphatic heterocycles. The SMILES string of the molecule is CN(CC1(N(C)C)CCC1)C(=O)OCCO. The van der Waals surface area contributed by atoms with E-state index in [1.165, 1.54) is 6.42 Å². The first-order valence-electron chi connectivity index (χ1n) is 5.68. The van der Waals surface area contributed by atoms with Gasteiger partial charge in [0.2, 0.25) is 0 Å². The van der Waals surface area contributed by atoms with Gasteiger partial charge in [0.1, 0.15) is 6.61 Å². The van der Waals surface area contributed by atoms with Crippen molar-refractivity contribution in [3.63, 3.8) is 0 Å². The summed E-state index contributed by atoms with van der Waals surface area (Å²) in [6.07, 6.45) is 3.11. The van der Waals surface area contributed by atoms with Crippen LogP contribution in [0.2, 0.25) is 0 Å². The fourth-order valence-corrected chi connectivity index (χ4v) is 2.08. The van der Waals surface area contributed by atoms with Gasteiger partial charge < -0.3 is 19.6 Å². The Morgan fingerprint density at radius 1 is 1.38 bits per heavy atom. The van der Waals surface area contributed by atoms with Crippen LogP contribution in [0.15, 0.2) is 0 Å². The lowest BCUT2D eigenvalue weighted by molar-refractivity contribution is 0.0203. The van der Waals surface area contributed by atoms with Crippen LogP contribution in [0.5, 0.6) is 0 Å². The lowest BCUT2D eigenvalue weighted by Crippen LogP contribution is -2.57. The number of ether oxygens (including phenoxy) is 1. The van der Waals surface area contributed by atoms with Gasteiger partial charge in [-0.05, 0) is 33.4 Å². The summed E-state index contributed by atoms with van der Waals surface area (Å²) in [6, 6.07) is 0. The van der Waals surface area contributed by atoms with Gasteiger partial charge in [-0.1, -0.05) is 0 Å². The van der Waals surface area contributed by atoms with E-state index in [1.807, 2.05) is 14.1 Å². The van der Waals surface area contributed by atoms with Crippen molar-refractivity contribution in [3.8, 4) is 0 Å². The average Bonchev–Trinajstić information content (AvgIpc) is 2.18. The Morgan fingerprint density at radius 3 is 2.38 bits per heavy atom. The molecule has 0 saturated heterocycles. The minimum Gasteiger partial charge on any atom is -0.447 e. The largest absolute Gasteiger partial charge is 0.447 e. The second-order valence-electron chi connectivity index (χ2n) is 4.67. The zero-order valence-corrected chi connectivity index (χ0v) is 10.4. The Morgan fingerprint density at radius 2 is 2.00 bits per heavy atom. The van der Waals surface area contributed by atoms with E-state index in [0.29, 0.717) is 6.54 Å². The maximum atomic E-state index is 11.5. The Hall–Kier alpha value is -0.810. The van der Waals surface area contributed by atoms with Crippen molar-refractivity contribution in [2.24, 2.45) is 0 Å². The summed E-state index contributed by atoms with van der Waals surface area (Å²) in [4.78, 5) is 15.3. The number of carbonyl (C=O) groups is 1. The second kappa shape index (κ2) is 5.50. The number of likely N-dealkylation sites (N-methyl/N-ethyl adjacent to an activating group) is 2. The molecule has 0 radical (unpaired) electrons. The van der Waals surface area contributed by atoms with Gasteiger partial charge >= 0.3 is 6.09 Å². The van der Waals surface area contributed by atoms with Crippen LogP contribution in [-0.4, -0.2) is 67.4 Å². The van der Waals surface area contributed by atoms with Crippen LogP contribution in [0.3, 0.4) is 0 Å². The van der Waals surface area contributed by atoms with E-state index in [0.717, 1.165) is 12.8 Å². The normalized spacial score (nSPS) is 18.1. The molecule has 1 saturated carbocycles. The van der Waals surface area contributed by atoms with Crippen LogP contribution in [0.25, 0.3) is 0 Å². The number of rotatable bonds is 5. The first-order chi connectivity index (χ1) is 7.52. The molecule has 1 N–H and O–H groups in total. The smallest absolute Gasteiger partial charge is 0.409 e. The fourth-order valence-electron chi connectivity index (χ4n) is 2.08. The number of aliphatic hydroxyl groups excluding tert-OH is 1. The minimum atomic E-state index is -0.359. The third kappa shape index (κ3) is 2.86. The van der Waals surface area contributed by atoms with Gasteiger partial charge in [0, 0.05) is 19.1 Å². The van der Waals surface area contributed by atoms with Gasteiger partial charge in [-0.25, -0.2) is 4.79 Å². The zero-order valence-electron chi connectivity index (χ0n) is 10.4. The molecule has 5 nitrogen and oxygen atoms in total. The molecule has 1 aliphatic carbocycles. The standard InChI is InChI=1S/C11H22N2O3/c1-12(2)11(5-4-6-11)9-13(3)10(15)16-8-7-14/h14H,4-9H2,1-3H3. The van der Waals surface area contributed by atoms with Crippen molar-refractivity contribution in [1.82, 2.24) is 9.80 Å². The molecule has 0 aromatic rings. The van der Waals surface area contributed by atoms with E-state index >= 15 is 0 Å². The molecule has 0 aromatic heterocycles. The van der Waals surface area contributed by atoms with E-state index in [4.69, 9.17) is 9.84 Å². The quantitative estimate of drug-likeness (QED) is 0.748. The molecule has 94 valence electrons. The molecule has 5 heteroatoms. The summed E-state index contributed by atoms with van der Waals surface area (Å²) in [6.45, 7) is 0.626. The fraction of sp³-hybridized carbons (Fsp3) is 0.909. The maximum absolute atomic E-state index is 11.5. The Balaban J connectivity index is 2.43. The molecule has 0 spiro atoms. The van der Waals surface area contributed by atoms with E-state index in [2.05, 4.69) is 4.90 Å². The third-order valence-corrected chi connectivity index (χ3v) is 3.39. The number of carbonyl (C=O) groups excluding carboxylic acids is 1. The van der Waals surface area contributed by atoms with Crippen LogP contribution in [-0.2, 0) is 4.74 Å². The highest BCUT2D eigenvalue weighted by Gasteiger charge is 2.40. The van der Waals surface area contributed by atoms with E-state index in [1.54, 1.807) is 11.9 Å². The van der Waals surface area contributed by atoms with E-state index in [-0.39, 0.29) is 24.8 Å². The van der Waals surface area contributed by atoms with Crippen molar-refractivity contribution in [2.75, 3.05) is 40.9 Å². The van der Waals surface area contributed by atoms with Crippen molar-refractivity contribution >= 4 is 6.09 Å². The number of amides is 1. The maximum Gasteiger partial charge on any atom is 0.409 e. The predicted octanol–water partition coefficient (Wildman–Crippen LogP) is 0.531. The van der Waals surface area contributed by atoms with Crippen molar-refractivity contribution in [1.29, 1.82) is 0 Å². The van der Waals surface area contributed by atoms with Gasteiger partial charge in [-0.3, -0.25) is 0 Å². The molecule has 1 rings (SSSR count). The monoisotopic (exact) mass is 230 g/mol. The predicted molar refractivity (Wildman–Crippen MR) is 61.3 cm³/mol. The van der Waals surface area contributed by atoms with Crippen LogP contribution in [0, 0.1) is 0 Å². The summed E-state index contributed by atoms with van der Waals surface area (Å²) in [5.74, 6) is 0. The summed E-state index contributed by atoms with van der Waals surface area (Å²) in [5.41, 5.74) is 0.118. The highest BCUT2D eigenvalue weighted by molar-refractivity contribution is 5.67. The van der Waals surface area contributed by atoms with Gasteiger partial charge in [0.15, 0.2) is 0 Å². The van der Waals surface area contributed by atoms with Gasteiger partial charge in [-0.15, -0.1) is 0 Å². The van der Waals surface area contributed by atoms with Gasteiger partial charge in [0.05, 0.1) is 6.61 Å². The number of hydrogen-bond donors (Lipinski definition) is 1. The van der Waals surface area contributed by atoms with Gasteiger partial charge in [0.25, 0.3) is 0 Å². The van der Waals surface area contributed by atoms with Crippen LogP contribution < -0.4 is 0 Å². The van der Waals surface area contributed by atoms with Crippen molar-refractivity contribution < 1.29 is 14.6 Å². The molecule has 0 bridgehead atoms. The number of nitrogens with zero attached hydrogens (tertiary/aromatic N) is 2.